The van der Waals surface area contributed by atoms with E-state index in [9.17, 15) is 9.59 Å². The zero-order valence-electron chi connectivity index (χ0n) is 14.3. The highest BCUT2D eigenvalue weighted by Crippen LogP contribution is 2.21. The topological polar surface area (TPSA) is 58.2 Å². The number of hydrogen-bond acceptors (Lipinski definition) is 2. The van der Waals surface area contributed by atoms with Crippen LogP contribution in [0.15, 0.2) is 48.5 Å². The molecule has 2 aromatic carbocycles. The average molecular weight is 324 g/mol. The van der Waals surface area contributed by atoms with Crippen molar-refractivity contribution in [3.63, 3.8) is 0 Å². The Balaban J connectivity index is 1.87. The van der Waals surface area contributed by atoms with Crippen LogP contribution in [0.1, 0.15) is 37.3 Å². The molecule has 0 aliphatic carbocycles. The molecule has 0 heterocycles. The first kappa shape index (κ1) is 17.7. The third kappa shape index (κ3) is 5.54. The molecular weight excluding hydrogens is 300 g/mol. The molecule has 4 nitrogen and oxygen atoms in total. The van der Waals surface area contributed by atoms with E-state index in [-0.39, 0.29) is 11.8 Å². The maximum atomic E-state index is 12.1. The van der Waals surface area contributed by atoms with Crippen LogP contribution in [-0.4, -0.2) is 11.8 Å². The van der Waals surface area contributed by atoms with Crippen LogP contribution in [0, 0.1) is 6.92 Å². The molecule has 0 saturated heterocycles. The SMILES string of the molecule is CCC(=O)Nc1cc(NC(=O)CCCc2ccccc2)ccc1C. The lowest BCUT2D eigenvalue weighted by molar-refractivity contribution is -0.116. The lowest BCUT2D eigenvalue weighted by Crippen LogP contribution is -2.13. The fourth-order valence-electron chi connectivity index (χ4n) is 2.39. The van der Waals surface area contributed by atoms with Gasteiger partial charge >= 0.3 is 0 Å². The molecule has 0 fully saturated rings. The smallest absolute Gasteiger partial charge is 0.224 e. The summed E-state index contributed by atoms with van der Waals surface area (Å²) in [6, 6.07) is 15.7. The molecule has 2 rings (SSSR count). The van der Waals surface area contributed by atoms with Crippen molar-refractivity contribution < 1.29 is 9.59 Å². The van der Waals surface area contributed by atoms with Gasteiger partial charge in [0.15, 0.2) is 0 Å². The summed E-state index contributed by atoms with van der Waals surface area (Å²) in [6.07, 6.45) is 2.59. The predicted molar refractivity (Wildman–Crippen MR) is 98.1 cm³/mol. The standard InChI is InChI=1S/C20H24N2O2/c1-3-19(23)22-18-14-17(13-12-15(18)2)21-20(24)11-7-10-16-8-5-4-6-9-16/h4-6,8-9,12-14H,3,7,10-11H2,1-2H3,(H,21,24)(H,22,23). The van der Waals surface area contributed by atoms with Crippen LogP contribution in [-0.2, 0) is 16.0 Å². The summed E-state index contributed by atoms with van der Waals surface area (Å²) < 4.78 is 0. The number of benzene rings is 2. The minimum Gasteiger partial charge on any atom is -0.326 e. The Morgan fingerprint density at radius 3 is 2.42 bits per heavy atom. The number of rotatable bonds is 7. The van der Waals surface area contributed by atoms with Crippen molar-refractivity contribution >= 4 is 23.2 Å². The van der Waals surface area contributed by atoms with Gasteiger partial charge in [0.25, 0.3) is 0 Å². The third-order valence-electron chi connectivity index (χ3n) is 3.83. The van der Waals surface area contributed by atoms with Gasteiger partial charge in [-0.2, -0.15) is 0 Å². The van der Waals surface area contributed by atoms with Gasteiger partial charge in [0.05, 0.1) is 0 Å². The van der Waals surface area contributed by atoms with Crippen molar-refractivity contribution in [3.05, 3.63) is 59.7 Å². The van der Waals surface area contributed by atoms with Crippen LogP contribution in [0.25, 0.3) is 0 Å². The number of anilines is 2. The molecule has 0 radical (unpaired) electrons. The van der Waals surface area contributed by atoms with E-state index in [4.69, 9.17) is 0 Å². The first-order chi connectivity index (χ1) is 11.6. The Labute approximate surface area is 143 Å². The molecule has 0 aliphatic heterocycles. The quantitative estimate of drug-likeness (QED) is 0.797. The highest BCUT2D eigenvalue weighted by Gasteiger charge is 2.07. The third-order valence-corrected chi connectivity index (χ3v) is 3.83. The summed E-state index contributed by atoms with van der Waals surface area (Å²) in [4.78, 5) is 23.6. The molecule has 2 amide bonds. The first-order valence-electron chi connectivity index (χ1n) is 8.32. The second kappa shape index (κ2) is 8.87. The van der Waals surface area contributed by atoms with Crippen LogP contribution < -0.4 is 10.6 Å². The van der Waals surface area contributed by atoms with Gasteiger partial charge in [-0.15, -0.1) is 0 Å². The van der Waals surface area contributed by atoms with Crippen molar-refractivity contribution in [2.75, 3.05) is 10.6 Å². The van der Waals surface area contributed by atoms with Crippen LogP contribution in [0.3, 0.4) is 0 Å². The van der Waals surface area contributed by atoms with Crippen molar-refractivity contribution in [1.82, 2.24) is 0 Å². The van der Waals surface area contributed by atoms with E-state index in [1.165, 1.54) is 5.56 Å². The van der Waals surface area contributed by atoms with E-state index in [1.807, 2.05) is 44.2 Å². The van der Waals surface area contributed by atoms with Gasteiger partial charge in [0.1, 0.15) is 0 Å². The second-order valence-electron chi connectivity index (χ2n) is 5.82. The Hall–Kier alpha value is -2.62. The van der Waals surface area contributed by atoms with Crippen molar-refractivity contribution in [1.29, 1.82) is 0 Å². The molecule has 0 saturated carbocycles. The normalized spacial score (nSPS) is 10.2. The Bertz CT molecular complexity index is 696. The molecule has 0 bridgehead atoms. The number of nitrogens with one attached hydrogen (secondary N) is 2. The molecule has 24 heavy (non-hydrogen) atoms. The Kier molecular flexibility index (Phi) is 6.55. The average Bonchev–Trinajstić information content (AvgIpc) is 2.58. The lowest BCUT2D eigenvalue weighted by atomic mass is 10.1. The largest absolute Gasteiger partial charge is 0.326 e. The number of carbonyl (C=O) groups is 2. The van der Waals surface area contributed by atoms with Crippen LogP contribution in [0.2, 0.25) is 0 Å². The van der Waals surface area contributed by atoms with Crippen LogP contribution in [0.4, 0.5) is 11.4 Å². The Morgan fingerprint density at radius 2 is 1.71 bits per heavy atom. The monoisotopic (exact) mass is 324 g/mol. The van der Waals surface area contributed by atoms with Gasteiger partial charge < -0.3 is 10.6 Å². The lowest BCUT2D eigenvalue weighted by Gasteiger charge is -2.11. The maximum absolute atomic E-state index is 12.1. The molecule has 2 N–H and O–H groups in total. The molecule has 126 valence electrons. The molecule has 2 aromatic rings. The molecule has 0 unspecified atom stereocenters. The van der Waals surface area contributed by atoms with Gasteiger partial charge in [-0.1, -0.05) is 43.3 Å². The maximum Gasteiger partial charge on any atom is 0.224 e. The number of amides is 2. The fraction of sp³-hybridized carbons (Fsp3) is 0.300. The predicted octanol–water partition coefficient (Wildman–Crippen LogP) is 4.30. The highest BCUT2D eigenvalue weighted by molar-refractivity contribution is 5.94. The van der Waals surface area contributed by atoms with Crippen LogP contribution >= 0.6 is 0 Å². The minimum atomic E-state index is -0.0376. The number of carbonyl (C=O) groups excluding carboxylic acids is 2. The summed E-state index contributed by atoms with van der Waals surface area (Å²) in [5.41, 5.74) is 3.66. The molecule has 0 aromatic heterocycles. The summed E-state index contributed by atoms with van der Waals surface area (Å²) in [5.74, 6) is -0.0491. The first-order valence-corrected chi connectivity index (χ1v) is 8.32. The van der Waals surface area contributed by atoms with E-state index in [1.54, 1.807) is 6.07 Å². The van der Waals surface area contributed by atoms with Gasteiger partial charge in [0, 0.05) is 24.2 Å². The van der Waals surface area contributed by atoms with E-state index in [0.29, 0.717) is 18.5 Å². The highest BCUT2D eigenvalue weighted by atomic mass is 16.2. The molecular formula is C20H24N2O2. The summed E-state index contributed by atoms with van der Waals surface area (Å²) >= 11 is 0. The Morgan fingerprint density at radius 1 is 0.958 bits per heavy atom. The fourth-order valence-corrected chi connectivity index (χ4v) is 2.39. The van der Waals surface area contributed by atoms with E-state index < -0.39 is 0 Å². The second-order valence-corrected chi connectivity index (χ2v) is 5.82. The van der Waals surface area contributed by atoms with E-state index in [2.05, 4.69) is 22.8 Å². The van der Waals surface area contributed by atoms with Crippen LogP contribution in [0.5, 0.6) is 0 Å². The van der Waals surface area contributed by atoms with Gasteiger partial charge in [-0.05, 0) is 43.0 Å². The zero-order chi connectivity index (χ0) is 17.4. The molecule has 0 atom stereocenters. The van der Waals surface area contributed by atoms with E-state index >= 15 is 0 Å². The van der Waals surface area contributed by atoms with Gasteiger partial charge in [-0.3, -0.25) is 9.59 Å². The van der Waals surface area contributed by atoms with Gasteiger partial charge in [0.2, 0.25) is 11.8 Å². The molecule has 0 spiro atoms. The van der Waals surface area contributed by atoms with E-state index in [0.717, 1.165) is 24.1 Å². The summed E-state index contributed by atoms with van der Waals surface area (Å²) in [7, 11) is 0. The summed E-state index contributed by atoms with van der Waals surface area (Å²) in [5, 5.41) is 5.74. The number of hydrogen-bond donors (Lipinski definition) is 2. The van der Waals surface area contributed by atoms with Crippen molar-refractivity contribution in [2.45, 2.75) is 39.5 Å². The minimum absolute atomic E-state index is 0.0115. The number of aryl methyl sites for hydroxylation is 2. The molecule has 0 aliphatic rings. The van der Waals surface area contributed by atoms with Crippen molar-refractivity contribution in [2.24, 2.45) is 0 Å². The van der Waals surface area contributed by atoms with Gasteiger partial charge in [-0.25, -0.2) is 0 Å². The summed E-state index contributed by atoms with van der Waals surface area (Å²) in [6.45, 7) is 3.74. The zero-order valence-corrected chi connectivity index (χ0v) is 14.3. The molecule has 4 heteroatoms. The van der Waals surface area contributed by atoms with Crippen molar-refractivity contribution in [3.8, 4) is 0 Å².